The van der Waals surface area contributed by atoms with E-state index in [1.165, 1.54) is 0 Å². The summed E-state index contributed by atoms with van der Waals surface area (Å²) in [7, 11) is 4.01. The Hall–Kier alpha value is -1.97. The molecule has 4 heteroatoms. The van der Waals surface area contributed by atoms with Crippen molar-refractivity contribution in [3.63, 3.8) is 0 Å². The van der Waals surface area contributed by atoms with Crippen LogP contribution in [0, 0.1) is 0 Å². The smallest absolute Gasteiger partial charge is 0.305 e. The van der Waals surface area contributed by atoms with Crippen molar-refractivity contribution in [3.8, 4) is 0 Å². The van der Waals surface area contributed by atoms with Gasteiger partial charge in [-0.15, -0.1) is 0 Å². The number of carboxylic acid groups (broad SMARTS) is 1. The predicted molar refractivity (Wildman–Crippen MR) is 68.5 cm³/mol. The maximum absolute atomic E-state index is 10.6. The highest BCUT2D eigenvalue weighted by molar-refractivity contribution is 5.84. The molecular weight excluding hydrogens is 216 g/mol. The van der Waals surface area contributed by atoms with Gasteiger partial charge in [0.2, 0.25) is 0 Å². The average molecular weight is 232 g/mol. The molecule has 0 fully saturated rings. The molecule has 1 aromatic heterocycles. The van der Waals surface area contributed by atoms with E-state index in [1.54, 1.807) is 0 Å². The van der Waals surface area contributed by atoms with Gasteiger partial charge >= 0.3 is 5.97 Å². The van der Waals surface area contributed by atoms with E-state index in [9.17, 15) is 4.79 Å². The van der Waals surface area contributed by atoms with Crippen LogP contribution in [0.3, 0.4) is 0 Å². The minimum atomic E-state index is -0.767. The Morgan fingerprint density at radius 2 is 2.12 bits per heavy atom. The summed E-state index contributed by atoms with van der Waals surface area (Å²) in [6.07, 6.45) is 2.09. The Kier molecular flexibility index (Phi) is 3.04. The van der Waals surface area contributed by atoms with E-state index in [0.717, 1.165) is 16.6 Å². The molecule has 0 amide bonds. The third-order valence-electron chi connectivity index (χ3n) is 2.84. The standard InChI is InChI=1S/C13H16N2O2/c1-14(2)11-3-4-12-10(9-11)5-7-15(12)8-6-13(16)17/h3-5,7,9H,6,8H2,1-2H3,(H,16,17). The van der Waals surface area contributed by atoms with E-state index >= 15 is 0 Å². The number of fused-ring (bicyclic) bond motifs is 1. The molecular formula is C13H16N2O2. The minimum Gasteiger partial charge on any atom is -0.481 e. The van der Waals surface area contributed by atoms with E-state index in [0.29, 0.717) is 6.54 Å². The highest BCUT2D eigenvalue weighted by Gasteiger charge is 2.04. The summed E-state index contributed by atoms with van der Waals surface area (Å²) in [5.74, 6) is -0.767. The lowest BCUT2D eigenvalue weighted by molar-refractivity contribution is -0.137. The fourth-order valence-corrected chi connectivity index (χ4v) is 1.88. The number of rotatable bonds is 4. The molecule has 0 aliphatic heterocycles. The monoisotopic (exact) mass is 232 g/mol. The highest BCUT2D eigenvalue weighted by Crippen LogP contribution is 2.22. The first-order valence-corrected chi connectivity index (χ1v) is 5.56. The molecule has 4 nitrogen and oxygen atoms in total. The summed E-state index contributed by atoms with van der Waals surface area (Å²) in [6, 6.07) is 8.20. The van der Waals surface area contributed by atoms with Crippen LogP contribution in [-0.2, 0) is 11.3 Å². The molecule has 2 aromatic rings. The summed E-state index contributed by atoms with van der Waals surface area (Å²) in [6.45, 7) is 0.514. The number of aliphatic carboxylic acids is 1. The largest absolute Gasteiger partial charge is 0.481 e. The third kappa shape index (κ3) is 2.41. The molecule has 0 unspecified atom stereocenters. The van der Waals surface area contributed by atoms with Crippen LogP contribution in [-0.4, -0.2) is 29.7 Å². The molecule has 0 saturated carbocycles. The summed E-state index contributed by atoms with van der Waals surface area (Å²) in [5, 5.41) is 9.82. The first kappa shape index (κ1) is 11.5. The molecule has 90 valence electrons. The van der Waals surface area contributed by atoms with Gasteiger partial charge in [-0.25, -0.2) is 0 Å². The van der Waals surface area contributed by atoms with E-state index in [4.69, 9.17) is 5.11 Å². The van der Waals surface area contributed by atoms with Crippen LogP contribution in [0.15, 0.2) is 30.5 Å². The van der Waals surface area contributed by atoms with Crippen molar-refractivity contribution in [2.45, 2.75) is 13.0 Å². The summed E-state index contributed by atoms with van der Waals surface area (Å²) < 4.78 is 1.98. The summed E-state index contributed by atoms with van der Waals surface area (Å²) in [4.78, 5) is 12.6. The van der Waals surface area contributed by atoms with Crippen molar-refractivity contribution in [3.05, 3.63) is 30.5 Å². The molecule has 0 spiro atoms. The quantitative estimate of drug-likeness (QED) is 0.878. The number of aromatic nitrogens is 1. The number of anilines is 1. The Morgan fingerprint density at radius 3 is 2.76 bits per heavy atom. The van der Waals surface area contributed by atoms with E-state index in [2.05, 4.69) is 6.07 Å². The number of nitrogens with zero attached hydrogens (tertiary/aromatic N) is 2. The molecule has 0 atom stereocenters. The van der Waals surface area contributed by atoms with Crippen LogP contribution in [0.5, 0.6) is 0 Å². The Labute approximate surface area is 100 Å². The molecule has 0 radical (unpaired) electrons. The summed E-state index contributed by atoms with van der Waals surface area (Å²) in [5.41, 5.74) is 2.23. The minimum absolute atomic E-state index is 0.152. The maximum atomic E-state index is 10.6. The van der Waals surface area contributed by atoms with Gasteiger partial charge in [-0.3, -0.25) is 4.79 Å². The highest BCUT2D eigenvalue weighted by atomic mass is 16.4. The van der Waals surface area contributed by atoms with Gasteiger partial charge < -0.3 is 14.6 Å². The number of hydrogen-bond donors (Lipinski definition) is 1. The van der Waals surface area contributed by atoms with Gasteiger partial charge in [0.1, 0.15) is 0 Å². The number of carboxylic acids is 1. The topological polar surface area (TPSA) is 45.5 Å². The molecule has 1 aromatic carbocycles. The van der Waals surface area contributed by atoms with Crippen molar-refractivity contribution < 1.29 is 9.90 Å². The molecule has 0 aliphatic rings. The van der Waals surface area contributed by atoms with E-state index in [1.807, 2.05) is 48.0 Å². The second-order valence-corrected chi connectivity index (χ2v) is 4.29. The van der Waals surface area contributed by atoms with Gasteiger partial charge in [0.25, 0.3) is 0 Å². The Morgan fingerprint density at radius 1 is 1.35 bits per heavy atom. The molecule has 17 heavy (non-hydrogen) atoms. The lowest BCUT2D eigenvalue weighted by Crippen LogP contribution is -2.08. The second kappa shape index (κ2) is 4.49. The van der Waals surface area contributed by atoms with Crippen LogP contribution in [0.1, 0.15) is 6.42 Å². The SMILES string of the molecule is CN(C)c1ccc2c(ccn2CCC(=O)O)c1. The lowest BCUT2D eigenvalue weighted by Gasteiger charge is -2.12. The van der Waals surface area contributed by atoms with Crippen molar-refractivity contribution in [2.24, 2.45) is 0 Å². The van der Waals surface area contributed by atoms with Gasteiger partial charge in [0, 0.05) is 43.4 Å². The van der Waals surface area contributed by atoms with Crippen LogP contribution in [0.2, 0.25) is 0 Å². The second-order valence-electron chi connectivity index (χ2n) is 4.29. The molecule has 1 N–H and O–H groups in total. The zero-order valence-corrected chi connectivity index (χ0v) is 10.1. The number of aryl methyl sites for hydroxylation is 1. The summed E-state index contributed by atoms with van der Waals surface area (Å²) >= 11 is 0. The van der Waals surface area contributed by atoms with Crippen LogP contribution in [0.25, 0.3) is 10.9 Å². The Bertz CT molecular complexity index is 543. The van der Waals surface area contributed by atoms with Crippen molar-refractivity contribution in [2.75, 3.05) is 19.0 Å². The molecule has 0 saturated heterocycles. The average Bonchev–Trinajstić information content (AvgIpc) is 2.68. The number of carbonyl (C=O) groups is 1. The van der Waals surface area contributed by atoms with Crippen molar-refractivity contribution in [1.29, 1.82) is 0 Å². The van der Waals surface area contributed by atoms with Crippen LogP contribution >= 0.6 is 0 Å². The van der Waals surface area contributed by atoms with Crippen molar-refractivity contribution >= 4 is 22.6 Å². The normalized spacial score (nSPS) is 10.7. The van der Waals surface area contributed by atoms with Crippen LogP contribution in [0.4, 0.5) is 5.69 Å². The first-order chi connectivity index (χ1) is 8.08. The number of benzene rings is 1. The van der Waals surface area contributed by atoms with Gasteiger partial charge in [0.05, 0.1) is 6.42 Å². The number of hydrogen-bond acceptors (Lipinski definition) is 2. The molecule has 1 heterocycles. The van der Waals surface area contributed by atoms with E-state index < -0.39 is 5.97 Å². The van der Waals surface area contributed by atoms with Gasteiger partial charge in [-0.2, -0.15) is 0 Å². The van der Waals surface area contributed by atoms with Crippen LogP contribution < -0.4 is 4.90 Å². The first-order valence-electron chi connectivity index (χ1n) is 5.56. The molecule has 0 bridgehead atoms. The predicted octanol–water partition coefficient (Wildman–Crippen LogP) is 2.18. The van der Waals surface area contributed by atoms with Gasteiger partial charge in [-0.05, 0) is 24.3 Å². The zero-order valence-electron chi connectivity index (χ0n) is 10.1. The fourth-order valence-electron chi connectivity index (χ4n) is 1.88. The third-order valence-corrected chi connectivity index (χ3v) is 2.84. The lowest BCUT2D eigenvalue weighted by atomic mass is 10.2. The molecule has 0 aliphatic carbocycles. The van der Waals surface area contributed by atoms with Crippen molar-refractivity contribution in [1.82, 2.24) is 4.57 Å². The van der Waals surface area contributed by atoms with Gasteiger partial charge in [0.15, 0.2) is 0 Å². The van der Waals surface area contributed by atoms with E-state index in [-0.39, 0.29) is 6.42 Å². The fraction of sp³-hybridized carbons (Fsp3) is 0.308. The zero-order chi connectivity index (χ0) is 12.4. The van der Waals surface area contributed by atoms with Gasteiger partial charge in [-0.1, -0.05) is 0 Å². The maximum Gasteiger partial charge on any atom is 0.305 e. The molecule has 2 rings (SSSR count). The Balaban J connectivity index is 2.31.